The molecule has 0 aliphatic heterocycles. The third-order valence-electron chi connectivity index (χ3n) is 8.63. The lowest BCUT2D eigenvalue weighted by Gasteiger charge is -2.18. The average molecular weight is 677 g/mol. The Morgan fingerprint density at radius 3 is 1.11 bits per heavy atom. The quantitative estimate of drug-likeness (QED) is 0.0382. The molecule has 46 heavy (non-hydrogen) atoms. The summed E-state index contributed by atoms with van der Waals surface area (Å²) in [5.41, 5.74) is 0. The normalized spacial score (nSPS) is 12.3. The summed E-state index contributed by atoms with van der Waals surface area (Å²) in [4.78, 5) is 42.7. The summed E-state index contributed by atoms with van der Waals surface area (Å²) >= 11 is 0. The van der Waals surface area contributed by atoms with Crippen LogP contribution in [0.4, 0.5) is 0 Å². The van der Waals surface area contributed by atoms with Gasteiger partial charge in [0.1, 0.15) is 6.61 Å². The van der Waals surface area contributed by atoms with Crippen molar-refractivity contribution in [1.82, 2.24) is 0 Å². The van der Waals surface area contributed by atoms with Crippen molar-refractivity contribution in [1.29, 1.82) is 0 Å². The van der Waals surface area contributed by atoms with Crippen LogP contribution in [0.25, 0.3) is 0 Å². The number of hydrogen-bond acceptors (Lipinski definition) is 6. The molecule has 0 aromatic rings. The molecule has 0 aromatic heterocycles. The zero-order chi connectivity index (χ0) is 34.0. The van der Waals surface area contributed by atoms with E-state index in [4.69, 9.17) is 19.3 Å². The monoisotopic (exact) mass is 677 g/mol. The Morgan fingerprint density at radius 2 is 0.783 bits per heavy atom. The van der Waals surface area contributed by atoms with Crippen LogP contribution in [0.15, 0.2) is 0 Å². The summed E-state index contributed by atoms with van der Waals surface area (Å²) < 4.78 is 26.3. The van der Waals surface area contributed by atoms with E-state index >= 15 is 0 Å². The summed E-state index contributed by atoms with van der Waals surface area (Å²) in [5.74, 6) is -0.871. The summed E-state index contributed by atoms with van der Waals surface area (Å²) in [6, 6.07) is 0. The summed E-state index contributed by atoms with van der Waals surface area (Å²) in [6.45, 7) is 3.69. The minimum atomic E-state index is -4.74. The van der Waals surface area contributed by atoms with Crippen molar-refractivity contribution in [2.75, 3.05) is 13.2 Å². The highest BCUT2D eigenvalue weighted by Crippen LogP contribution is 2.36. The number of rotatable bonds is 36. The maximum atomic E-state index is 12.3. The van der Waals surface area contributed by atoms with E-state index in [2.05, 4.69) is 18.4 Å². The molecule has 2 N–H and O–H groups in total. The second-order valence-corrected chi connectivity index (χ2v) is 14.5. The van der Waals surface area contributed by atoms with Gasteiger partial charge in [-0.1, -0.05) is 181 Å². The van der Waals surface area contributed by atoms with Crippen LogP contribution in [0.5, 0.6) is 0 Å². The highest BCUT2D eigenvalue weighted by Gasteiger charge is 2.22. The number of phosphoric acid groups is 1. The van der Waals surface area contributed by atoms with Crippen LogP contribution in [-0.4, -0.2) is 41.0 Å². The van der Waals surface area contributed by atoms with Crippen LogP contribution >= 0.6 is 7.82 Å². The Bertz CT molecular complexity index is 726. The molecule has 0 aliphatic carbocycles. The molecule has 274 valence electrons. The van der Waals surface area contributed by atoms with Gasteiger partial charge in [-0.25, -0.2) is 4.57 Å². The Hall–Kier alpha value is -0.950. The van der Waals surface area contributed by atoms with Crippen molar-refractivity contribution in [3.8, 4) is 0 Å². The first-order valence-electron chi connectivity index (χ1n) is 19.3. The molecule has 0 radical (unpaired) electrons. The van der Waals surface area contributed by atoms with E-state index in [9.17, 15) is 14.2 Å². The van der Waals surface area contributed by atoms with Crippen molar-refractivity contribution in [2.45, 2.75) is 213 Å². The molecule has 0 saturated carbocycles. The predicted molar refractivity (Wildman–Crippen MR) is 189 cm³/mol. The first-order valence-corrected chi connectivity index (χ1v) is 20.9. The number of phosphoric ester groups is 1. The van der Waals surface area contributed by atoms with Crippen molar-refractivity contribution < 1.29 is 37.9 Å². The van der Waals surface area contributed by atoms with Gasteiger partial charge in [0.05, 0.1) is 6.61 Å². The molecule has 0 unspecified atom stereocenters. The molecule has 0 bridgehead atoms. The lowest BCUT2D eigenvalue weighted by molar-refractivity contribution is -0.161. The molecule has 0 heterocycles. The SMILES string of the molecule is CCCCCCCCCCCCCCCCCCC(=O)OC[C@H](COP(=O)(O)O)OC(=O)CCCCCCCCCCCCCC. The molecule has 0 spiro atoms. The molecule has 8 nitrogen and oxygen atoms in total. The molecule has 9 heteroatoms. The largest absolute Gasteiger partial charge is 0.469 e. The van der Waals surface area contributed by atoms with Gasteiger partial charge in [0.2, 0.25) is 0 Å². The fourth-order valence-corrected chi connectivity index (χ4v) is 6.09. The van der Waals surface area contributed by atoms with Crippen LogP contribution in [0.3, 0.4) is 0 Å². The maximum absolute atomic E-state index is 12.3. The summed E-state index contributed by atoms with van der Waals surface area (Å²) in [7, 11) is -4.74. The zero-order valence-corrected chi connectivity index (χ0v) is 30.9. The van der Waals surface area contributed by atoms with E-state index in [-0.39, 0.29) is 19.4 Å². The zero-order valence-electron chi connectivity index (χ0n) is 30.0. The van der Waals surface area contributed by atoms with Crippen molar-refractivity contribution in [2.24, 2.45) is 0 Å². The van der Waals surface area contributed by atoms with Gasteiger partial charge in [-0.15, -0.1) is 0 Å². The molecule has 0 aromatic carbocycles. The number of carbonyl (C=O) groups is 2. The van der Waals surface area contributed by atoms with Gasteiger partial charge >= 0.3 is 19.8 Å². The Kier molecular flexibility index (Phi) is 33.2. The van der Waals surface area contributed by atoms with E-state index in [0.29, 0.717) is 6.42 Å². The van der Waals surface area contributed by atoms with Crippen LogP contribution in [-0.2, 0) is 28.2 Å². The standard InChI is InChI=1S/C37H73O8P/c1-3-5-7-9-11-13-15-17-18-19-20-22-23-25-27-29-31-36(38)43-33-35(34-44-46(40,41)42)45-37(39)32-30-28-26-24-21-16-14-12-10-8-6-4-2/h35H,3-34H2,1-2H3,(H2,40,41,42)/t35-/m1/s1. The van der Waals surface area contributed by atoms with Crippen LogP contribution in [0.1, 0.15) is 206 Å². The third kappa shape index (κ3) is 35.9. The topological polar surface area (TPSA) is 119 Å². The van der Waals surface area contributed by atoms with E-state index in [1.165, 1.54) is 135 Å². The first-order chi connectivity index (χ1) is 22.3. The van der Waals surface area contributed by atoms with Gasteiger partial charge in [-0.3, -0.25) is 14.1 Å². The van der Waals surface area contributed by atoms with Crippen molar-refractivity contribution in [3.05, 3.63) is 0 Å². The summed E-state index contributed by atoms with van der Waals surface area (Å²) in [6.07, 6.45) is 33.9. The first kappa shape index (κ1) is 45.0. The van der Waals surface area contributed by atoms with Crippen LogP contribution in [0, 0.1) is 0 Å². The van der Waals surface area contributed by atoms with Gasteiger partial charge < -0.3 is 19.3 Å². The smallest absolute Gasteiger partial charge is 0.462 e. The van der Waals surface area contributed by atoms with E-state index in [1.54, 1.807) is 0 Å². The number of ether oxygens (including phenoxy) is 2. The minimum absolute atomic E-state index is 0.219. The fourth-order valence-electron chi connectivity index (χ4n) is 5.73. The number of unbranched alkanes of at least 4 members (excludes halogenated alkanes) is 26. The molecule has 0 fully saturated rings. The molecule has 0 saturated heterocycles. The minimum Gasteiger partial charge on any atom is -0.462 e. The number of carbonyl (C=O) groups excluding carboxylic acids is 2. The molecule has 0 aliphatic rings. The van der Waals surface area contributed by atoms with Gasteiger partial charge in [0.15, 0.2) is 6.10 Å². The summed E-state index contributed by atoms with van der Waals surface area (Å²) in [5, 5.41) is 0. The van der Waals surface area contributed by atoms with Gasteiger partial charge in [-0.2, -0.15) is 0 Å². The number of hydrogen-bond donors (Lipinski definition) is 2. The molecular formula is C37H73O8P. The second-order valence-electron chi connectivity index (χ2n) is 13.3. The van der Waals surface area contributed by atoms with E-state index in [1.807, 2.05) is 0 Å². The van der Waals surface area contributed by atoms with Gasteiger partial charge in [0, 0.05) is 12.8 Å². The number of esters is 2. The van der Waals surface area contributed by atoms with Gasteiger partial charge in [-0.05, 0) is 12.8 Å². The molecular weight excluding hydrogens is 603 g/mol. The molecule has 0 amide bonds. The van der Waals surface area contributed by atoms with Crippen LogP contribution < -0.4 is 0 Å². The Balaban J connectivity index is 3.89. The highest BCUT2D eigenvalue weighted by molar-refractivity contribution is 7.46. The predicted octanol–water partition coefficient (Wildman–Crippen LogP) is 11.3. The average Bonchev–Trinajstić information content (AvgIpc) is 3.02. The Labute approximate surface area is 283 Å². The van der Waals surface area contributed by atoms with Crippen molar-refractivity contribution in [3.63, 3.8) is 0 Å². The van der Waals surface area contributed by atoms with E-state index in [0.717, 1.165) is 38.5 Å². The van der Waals surface area contributed by atoms with Gasteiger partial charge in [0.25, 0.3) is 0 Å². The van der Waals surface area contributed by atoms with Crippen LogP contribution in [0.2, 0.25) is 0 Å². The van der Waals surface area contributed by atoms with Crippen molar-refractivity contribution >= 4 is 19.8 Å². The molecule has 1 atom stereocenters. The Morgan fingerprint density at radius 1 is 0.478 bits per heavy atom. The third-order valence-corrected chi connectivity index (χ3v) is 9.11. The van der Waals surface area contributed by atoms with E-state index < -0.39 is 32.5 Å². The highest BCUT2D eigenvalue weighted by atomic mass is 31.2. The molecule has 0 rings (SSSR count). The lowest BCUT2D eigenvalue weighted by atomic mass is 10.0. The fraction of sp³-hybridized carbons (Fsp3) is 0.946. The maximum Gasteiger partial charge on any atom is 0.469 e. The lowest BCUT2D eigenvalue weighted by Crippen LogP contribution is -2.29. The second kappa shape index (κ2) is 33.9.